The van der Waals surface area contributed by atoms with Crippen LogP contribution in [0.15, 0.2) is 21.9 Å². The molecule has 0 bridgehead atoms. The third-order valence-electron chi connectivity index (χ3n) is 2.41. The fourth-order valence-electron chi connectivity index (χ4n) is 1.39. The molecule has 1 aliphatic rings. The van der Waals surface area contributed by atoms with Gasteiger partial charge in [0, 0.05) is 5.75 Å². The molecular formula is C12H17NO4S. The summed E-state index contributed by atoms with van der Waals surface area (Å²) in [6.45, 7) is 5.59. The van der Waals surface area contributed by atoms with Gasteiger partial charge in [0.2, 0.25) is 0 Å². The molecule has 0 unspecified atom stereocenters. The molecule has 0 fully saturated rings. The number of esters is 2. The van der Waals surface area contributed by atoms with Crippen molar-refractivity contribution in [1.29, 1.82) is 0 Å². The van der Waals surface area contributed by atoms with Crippen molar-refractivity contribution in [2.24, 2.45) is 0 Å². The number of methoxy groups -OCH3 is 1. The molecule has 100 valence electrons. The van der Waals surface area contributed by atoms with Gasteiger partial charge >= 0.3 is 11.9 Å². The van der Waals surface area contributed by atoms with Gasteiger partial charge in [0.25, 0.3) is 0 Å². The van der Waals surface area contributed by atoms with Crippen LogP contribution in [0.25, 0.3) is 0 Å². The molecule has 0 aromatic rings. The van der Waals surface area contributed by atoms with Crippen LogP contribution in [0, 0.1) is 0 Å². The van der Waals surface area contributed by atoms with E-state index in [1.807, 2.05) is 6.92 Å². The summed E-state index contributed by atoms with van der Waals surface area (Å²) in [6.07, 6.45) is 0. The van der Waals surface area contributed by atoms with Crippen molar-refractivity contribution in [2.75, 3.05) is 19.5 Å². The van der Waals surface area contributed by atoms with E-state index in [0.717, 1.165) is 5.57 Å². The Morgan fingerprint density at radius 1 is 1.44 bits per heavy atom. The van der Waals surface area contributed by atoms with Gasteiger partial charge in [-0.15, -0.1) is 11.8 Å². The van der Waals surface area contributed by atoms with Crippen molar-refractivity contribution in [3.63, 3.8) is 0 Å². The summed E-state index contributed by atoms with van der Waals surface area (Å²) < 4.78 is 9.61. The van der Waals surface area contributed by atoms with Gasteiger partial charge in [-0.25, -0.2) is 9.59 Å². The highest BCUT2D eigenvalue weighted by Crippen LogP contribution is 2.28. The molecule has 0 aliphatic carbocycles. The van der Waals surface area contributed by atoms with E-state index in [0.29, 0.717) is 28.7 Å². The summed E-state index contributed by atoms with van der Waals surface area (Å²) in [7, 11) is 1.33. The fourth-order valence-corrected chi connectivity index (χ4v) is 2.36. The Bertz CT molecular complexity index is 426. The van der Waals surface area contributed by atoms with E-state index < -0.39 is 11.9 Å². The molecule has 1 N–H and O–H groups in total. The van der Waals surface area contributed by atoms with Crippen molar-refractivity contribution in [3.8, 4) is 0 Å². The Balaban J connectivity index is 2.95. The lowest BCUT2D eigenvalue weighted by atomic mass is 10.2. The molecule has 0 aromatic heterocycles. The SMILES string of the molecule is CCOC(=O)C1=C(C)CS/C(=C(/C)C(=O)OC)N1. The van der Waals surface area contributed by atoms with Crippen molar-refractivity contribution in [1.82, 2.24) is 5.32 Å². The monoisotopic (exact) mass is 271 g/mol. The van der Waals surface area contributed by atoms with Crippen LogP contribution in [-0.2, 0) is 19.1 Å². The van der Waals surface area contributed by atoms with E-state index >= 15 is 0 Å². The van der Waals surface area contributed by atoms with Gasteiger partial charge in [-0.3, -0.25) is 0 Å². The Morgan fingerprint density at radius 3 is 2.67 bits per heavy atom. The lowest BCUT2D eigenvalue weighted by Crippen LogP contribution is -2.28. The van der Waals surface area contributed by atoms with E-state index in [2.05, 4.69) is 10.1 Å². The van der Waals surface area contributed by atoms with Gasteiger partial charge in [0.1, 0.15) is 5.70 Å². The van der Waals surface area contributed by atoms with E-state index in [9.17, 15) is 9.59 Å². The van der Waals surface area contributed by atoms with Crippen molar-refractivity contribution >= 4 is 23.7 Å². The molecule has 0 radical (unpaired) electrons. The number of carbonyl (C=O) groups excluding carboxylic acids is 2. The molecule has 0 saturated heterocycles. The standard InChI is InChI=1S/C12H17NO4S/c1-5-17-12(15)9-7(2)6-18-10(13-9)8(3)11(14)16-4/h13H,5-6H2,1-4H3/b10-8-. The molecule has 0 aromatic carbocycles. The second kappa shape index (κ2) is 6.49. The molecule has 0 amide bonds. The Hall–Kier alpha value is -1.43. The quantitative estimate of drug-likeness (QED) is 0.621. The van der Waals surface area contributed by atoms with E-state index in [1.165, 1.54) is 18.9 Å². The first-order chi connectivity index (χ1) is 8.51. The normalized spacial score (nSPS) is 18.0. The first-order valence-corrected chi connectivity index (χ1v) is 6.55. The van der Waals surface area contributed by atoms with Gasteiger partial charge < -0.3 is 14.8 Å². The third-order valence-corrected chi connectivity index (χ3v) is 3.68. The highest BCUT2D eigenvalue weighted by molar-refractivity contribution is 8.03. The minimum atomic E-state index is -0.409. The predicted molar refractivity (Wildman–Crippen MR) is 69.6 cm³/mol. The van der Waals surface area contributed by atoms with Crippen LogP contribution < -0.4 is 5.32 Å². The van der Waals surface area contributed by atoms with Crippen LogP contribution in [0.3, 0.4) is 0 Å². The number of hydrogen-bond acceptors (Lipinski definition) is 6. The van der Waals surface area contributed by atoms with Crippen molar-refractivity contribution in [2.45, 2.75) is 20.8 Å². The summed E-state index contributed by atoms with van der Waals surface area (Å²) >= 11 is 1.46. The highest BCUT2D eigenvalue weighted by atomic mass is 32.2. The number of rotatable bonds is 3. The zero-order chi connectivity index (χ0) is 13.7. The molecule has 0 atom stereocenters. The largest absolute Gasteiger partial charge is 0.466 e. The molecule has 6 heteroatoms. The van der Waals surface area contributed by atoms with Crippen LogP contribution in [-0.4, -0.2) is 31.4 Å². The zero-order valence-electron chi connectivity index (χ0n) is 11.0. The first kappa shape index (κ1) is 14.6. The summed E-state index contributed by atoms with van der Waals surface area (Å²) in [5, 5.41) is 3.58. The number of thioether (sulfide) groups is 1. The van der Waals surface area contributed by atoms with E-state index in [-0.39, 0.29) is 0 Å². The van der Waals surface area contributed by atoms with Gasteiger partial charge in [-0.05, 0) is 26.3 Å². The van der Waals surface area contributed by atoms with E-state index in [4.69, 9.17) is 4.74 Å². The Labute approximate surface area is 111 Å². The second-order valence-electron chi connectivity index (χ2n) is 3.74. The number of carbonyl (C=O) groups is 2. The van der Waals surface area contributed by atoms with Crippen LogP contribution in [0.2, 0.25) is 0 Å². The minimum absolute atomic E-state index is 0.319. The summed E-state index contributed by atoms with van der Waals surface area (Å²) in [5.41, 5.74) is 1.77. The average Bonchev–Trinajstić information content (AvgIpc) is 2.37. The molecule has 0 spiro atoms. The average molecular weight is 271 g/mol. The van der Waals surface area contributed by atoms with Crippen LogP contribution in [0.4, 0.5) is 0 Å². The molecule has 1 aliphatic heterocycles. The zero-order valence-corrected chi connectivity index (χ0v) is 11.8. The first-order valence-electron chi connectivity index (χ1n) is 5.57. The van der Waals surface area contributed by atoms with E-state index in [1.54, 1.807) is 13.8 Å². The van der Waals surface area contributed by atoms with Crippen LogP contribution in [0.5, 0.6) is 0 Å². The lowest BCUT2D eigenvalue weighted by molar-refractivity contribution is -0.139. The van der Waals surface area contributed by atoms with Crippen LogP contribution in [0.1, 0.15) is 20.8 Å². The van der Waals surface area contributed by atoms with Gasteiger partial charge in [-0.2, -0.15) is 0 Å². The highest BCUT2D eigenvalue weighted by Gasteiger charge is 2.23. The molecule has 1 rings (SSSR count). The minimum Gasteiger partial charge on any atom is -0.466 e. The lowest BCUT2D eigenvalue weighted by Gasteiger charge is -2.22. The van der Waals surface area contributed by atoms with Gasteiger partial charge in [-0.1, -0.05) is 0 Å². The van der Waals surface area contributed by atoms with Crippen molar-refractivity contribution < 1.29 is 19.1 Å². The molecule has 5 nitrogen and oxygen atoms in total. The summed E-state index contributed by atoms with van der Waals surface area (Å²) in [4.78, 5) is 23.2. The second-order valence-corrected chi connectivity index (χ2v) is 4.72. The predicted octanol–water partition coefficient (Wildman–Crippen LogP) is 1.56. The molecular weight excluding hydrogens is 254 g/mol. The molecule has 0 saturated carbocycles. The third kappa shape index (κ3) is 3.29. The molecule has 18 heavy (non-hydrogen) atoms. The Kier molecular flexibility index (Phi) is 5.27. The number of hydrogen-bond donors (Lipinski definition) is 1. The Morgan fingerprint density at radius 2 is 2.11 bits per heavy atom. The fraction of sp³-hybridized carbons (Fsp3) is 0.500. The maximum Gasteiger partial charge on any atom is 0.354 e. The van der Waals surface area contributed by atoms with Crippen molar-refractivity contribution in [3.05, 3.63) is 21.9 Å². The van der Waals surface area contributed by atoms with Gasteiger partial charge in [0.15, 0.2) is 0 Å². The maximum atomic E-state index is 11.7. The molecule has 1 heterocycles. The summed E-state index contributed by atoms with van der Waals surface area (Å²) in [5.74, 6) is -0.164. The topological polar surface area (TPSA) is 64.6 Å². The number of ether oxygens (including phenoxy) is 2. The summed E-state index contributed by atoms with van der Waals surface area (Å²) in [6, 6.07) is 0. The van der Waals surface area contributed by atoms with Gasteiger partial charge in [0.05, 0.1) is 24.3 Å². The maximum absolute atomic E-state index is 11.7. The van der Waals surface area contributed by atoms with Crippen LogP contribution >= 0.6 is 11.8 Å². The number of nitrogens with one attached hydrogen (secondary N) is 1. The smallest absolute Gasteiger partial charge is 0.354 e.